The summed E-state index contributed by atoms with van der Waals surface area (Å²) in [5.41, 5.74) is 0. The zero-order valence-electron chi connectivity index (χ0n) is 11.4. The third-order valence-corrected chi connectivity index (χ3v) is 3.08. The molecule has 116 valence electrons. The minimum atomic E-state index is -0.686. The predicted octanol–water partition coefficient (Wildman–Crippen LogP) is 1.01. The molecule has 0 aliphatic rings. The largest absolute Gasteiger partial charge is 0.476 e. The van der Waals surface area contributed by atoms with Crippen LogP contribution in [0.3, 0.4) is 0 Å². The third kappa shape index (κ3) is 4.17. The van der Waals surface area contributed by atoms with E-state index in [1.807, 2.05) is 0 Å². The van der Waals surface area contributed by atoms with Crippen molar-refractivity contribution >= 4 is 28.2 Å². The molecule has 11 heteroatoms. The van der Waals surface area contributed by atoms with E-state index in [2.05, 4.69) is 20.5 Å². The maximum atomic E-state index is 11.7. The fourth-order valence-electron chi connectivity index (χ4n) is 1.42. The van der Waals surface area contributed by atoms with Gasteiger partial charge in [0.1, 0.15) is 17.8 Å². The quantitative estimate of drug-likeness (QED) is 0.589. The highest BCUT2D eigenvalue weighted by Gasteiger charge is 2.17. The molecule has 22 heavy (non-hydrogen) atoms. The van der Waals surface area contributed by atoms with Gasteiger partial charge in [0.25, 0.3) is 5.91 Å². The van der Waals surface area contributed by atoms with Crippen LogP contribution in [0.4, 0.5) is 10.9 Å². The number of methoxy groups -OCH3 is 1. The van der Waals surface area contributed by atoms with Crippen LogP contribution in [0.1, 0.15) is 5.01 Å². The molecule has 0 bridgehead atoms. The lowest BCUT2D eigenvalue weighted by atomic mass is 10.4. The Morgan fingerprint density at radius 2 is 2.32 bits per heavy atom. The highest BCUT2D eigenvalue weighted by atomic mass is 32.1. The van der Waals surface area contributed by atoms with E-state index in [-0.39, 0.29) is 5.75 Å². The average molecular weight is 325 g/mol. The molecule has 0 aromatic carbocycles. The number of aromatic nitrogens is 3. The minimum Gasteiger partial charge on any atom is -0.476 e. The van der Waals surface area contributed by atoms with Crippen LogP contribution < -0.4 is 10.1 Å². The minimum absolute atomic E-state index is 0.0833. The van der Waals surface area contributed by atoms with E-state index in [0.29, 0.717) is 16.7 Å². The lowest BCUT2D eigenvalue weighted by molar-refractivity contribution is -0.390. The van der Waals surface area contributed by atoms with Crippen molar-refractivity contribution in [2.24, 2.45) is 0 Å². The predicted molar refractivity (Wildman–Crippen MR) is 75.6 cm³/mol. The molecule has 2 heterocycles. The summed E-state index contributed by atoms with van der Waals surface area (Å²) in [7, 11) is 1.52. The number of nitro groups is 1. The van der Waals surface area contributed by atoms with E-state index < -0.39 is 23.3 Å². The standard InChI is InChI=1S/C11H11N5O5S/c1-20-6-9-14-15-11(22-9)13-8(17)5-21-7-3-2-4-12-10(7)16(18)19/h2-4H,5-6H2,1H3,(H,13,15,17). The van der Waals surface area contributed by atoms with Crippen molar-refractivity contribution in [3.8, 4) is 5.75 Å². The lowest BCUT2D eigenvalue weighted by Crippen LogP contribution is -2.20. The molecule has 0 unspecified atom stereocenters. The second-order valence-corrected chi connectivity index (χ2v) is 4.92. The number of pyridine rings is 1. The van der Waals surface area contributed by atoms with Crippen LogP contribution in [-0.4, -0.2) is 39.7 Å². The number of hydrogen-bond donors (Lipinski definition) is 1. The molecule has 1 amide bonds. The van der Waals surface area contributed by atoms with Crippen LogP contribution in [0.15, 0.2) is 18.3 Å². The van der Waals surface area contributed by atoms with Crippen LogP contribution >= 0.6 is 11.3 Å². The molecular formula is C11H11N5O5S. The van der Waals surface area contributed by atoms with Gasteiger partial charge >= 0.3 is 5.82 Å². The maximum absolute atomic E-state index is 11.7. The van der Waals surface area contributed by atoms with Crippen molar-refractivity contribution < 1.29 is 19.2 Å². The first-order valence-electron chi connectivity index (χ1n) is 5.93. The second-order valence-electron chi connectivity index (χ2n) is 3.85. The number of nitrogens with zero attached hydrogens (tertiary/aromatic N) is 4. The number of hydrogen-bond acceptors (Lipinski definition) is 9. The van der Waals surface area contributed by atoms with Crippen LogP contribution in [-0.2, 0) is 16.1 Å². The summed E-state index contributed by atoms with van der Waals surface area (Å²) < 4.78 is 9.99. The van der Waals surface area contributed by atoms with Gasteiger partial charge in [-0.2, -0.15) is 0 Å². The Morgan fingerprint density at radius 1 is 1.50 bits per heavy atom. The lowest BCUT2D eigenvalue weighted by Gasteiger charge is -2.05. The highest BCUT2D eigenvalue weighted by Crippen LogP contribution is 2.22. The number of carbonyl (C=O) groups is 1. The summed E-state index contributed by atoms with van der Waals surface area (Å²) in [6, 6.07) is 2.84. The van der Waals surface area contributed by atoms with Crippen molar-refractivity contribution in [1.29, 1.82) is 0 Å². The van der Waals surface area contributed by atoms with E-state index in [1.54, 1.807) is 0 Å². The molecule has 2 aromatic heterocycles. The number of ether oxygens (including phenoxy) is 2. The molecule has 0 radical (unpaired) electrons. The van der Waals surface area contributed by atoms with Crippen LogP contribution in [0.25, 0.3) is 0 Å². The van der Waals surface area contributed by atoms with Crippen LogP contribution in [0.5, 0.6) is 5.75 Å². The third-order valence-electron chi connectivity index (χ3n) is 2.26. The first-order chi connectivity index (χ1) is 10.6. The van der Waals surface area contributed by atoms with Gasteiger partial charge in [-0.3, -0.25) is 10.1 Å². The van der Waals surface area contributed by atoms with Crippen molar-refractivity contribution in [2.45, 2.75) is 6.61 Å². The number of carbonyl (C=O) groups excluding carboxylic acids is 1. The molecule has 0 aliphatic heterocycles. The normalized spacial score (nSPS) is 10.2. The van der Waals surface area contributed by atoms with E-state index in [1.165, 1.54) is 25.4 Å². The number of anilines is 1. The van der Waals surface area contributed by atoms with Crippen molar-refractivity contribution in [3.63, 3.8) is 0 Å². The molecule has 2 aromatic rings. The van der Waals surface area contributed by atoms with Crippen LogP contribution in [0.2, 0.25) is 0 Å². The number of amides is 1. The van der Waals surface area contributed by atoms with Gasteiger partial charge in [0.15, 0.2) is 6.61 Å². The van der Waals surface area contributed by atoms with Crippen LogP contribution in [0, 0.1) is 10.1 Å². The number of rotatable bonds is 7. The van der Waals surface area contributed by atoms with Crippen molar-refractivity contribution in [1.82, 2.24) is 15.2 Å². The highest BCUT2D eigenvalue weighted by molar-refractivity contribution is 7.15. The topological polar surface area (TPSA) is 129 Å². The average Bonchev–Trinajstić information content (AvgIpc) is 2.93. The Morgan fingerprint density at radius 3 is 3.05 bits per heavy atom. The maximum Gasteiger partial charge on any atom is 0.406 e. The Balaban J connectivity index is 1.91. The van der Waals surface area contributed by atoms with E-state index in [9.17, 15) is 14.9 Å². The van der Waals surface area contributed by atoms with Crippen molar-refractivity contribution in [3.05, 3.63) is 33.5 Å². The Labute approximate surface area is 128 Å². The zero-order valence-corrected chi connectivity index (χ0v) is 12.2. The molecule has 2 rings (SSSR count). The summed E-state index contributed by atoms with van der Waals surface area (Å²) in [6.45, 7) is -0.113. The Hall–Kier alpha value is -2.66. The molecule has 0 fully saturated rings. The summed E-state index contributed by atoms with van der Waals surface area (Å²) in [6.07, 6.45) is 1.27. The molecule has 10 nitrogen and oxygen atoms in total. The number of nitrogens with one attached hydrogen (secondary N) is 1. The Bertz CT molecular complexity index is 676. The Kier molecular flexibility index (Phi) is 5.27. The van der Waals surface area contributed by atoms with Gasteiger partial charge in [0.05, 0.1) is 0 Å². The molecular weight excluding hydrogens is 314 g/mol. The molecule has 0 spiro atoms. The smallest absolute Gasteiger partial charge is 0.406 e. The summed E-state index contributed by atoms with van der Waals surface area (Å²) in [4.78, 5) is 25.4. The molecule has 0 atom stereocenters. The van der Waals surface area contributed by atoms with E-state index in [4.69, 9.17) is 9.47 Å². The zero-order chi connectivity index (χ0) is 15.9. The van der Waals surface area contributed by atoms with E-state index in [0.717, 1.165) is 11.3 Å². The van der Waals surface area contributed by atoms with Gasteiger partial charge < -0.3 is 19.6 Å². The fourth-order valence-corrected chi connectivity index (χ4v) is 2.14. The van der Waals surface area contributed by atoms with Gasteiger partial charge in [0.2, 0.25) is 10.9 Å². The molecule has 1 N–H and O–H groups in total. The van der Waals surface area contributed by atoms with Gasteiger partial charge in [-0.1, -0.05) is 11.3 Å². The SMILES string of the molecule is COCc1nnc(NC(=O)COc2cccnc2[N+](=O)[O-])s1. The van der Waals surface area contributed by atoms with Gasteiger partial charge in [-0.15, -0.1) is 10.2 Å². The van der Waals surface area contributed by atoms with E-state index >= 15 is 0 Å². The monoisotopic (exact) mass is 325 g/mol. The summed E-state index contributed by atoms with van der Waals surface area (Å²) in [5.74, 6) is -1.05. The molecule has 0 saturated heterocycles. The fraction of sp³-hybridized carbons (Fsp3) is 0.273. The van der Waals surface area contributed by atoms with Gasteiger partial charge in [-0.05, 0) is 22.0 Å². The first kappa shape index (κ1) is 15.7. The summed E-state index contributed by atoms with van der Waals surface area (Å²) in [5, 5.41) is 21.7. The van der Waals surface area contributed by atoms with Gasteiger partial charge in [-0.25, -0.2) is 0 Å². The second kappa shape index (κ2) is 7.38. The summed E-state index contributed by atoms with van der Waals surface area (Å²) >= 11 is 1.16. The first-order valence-corrected chi connectivity index (χ1v) is 6.75. The van der Waals surface area contributed by atoms with Gasteiger partial charge in [0, 0.05) is 7.11 Å². The molecule has 0 aliphatic carbocycles. The molecule has 0 saturated carbocycles. The van der Waals surface area contributed by atoms with Crippen molar-refractivity contribution in [2.75, 3.05) is 19.0 Å².